The largest absolute Gasteiger partial charge is 0.411 e. The van der Waals surface area contributed by atoms with Gasteiger partial charge in [-0.1, -0.05) is 43.3 Å². The molecule has 0 aliphatic carbocycles. The maximum Gasteiger partial charge on any atom is 0.277 e. The quantitative estimate of drug-likeness (QED) is 0.792. The van der Waals surface area contributed by atoms with Crippen LogP contribution in [0, 0.1) is 12.8 Å². The Labute approximate surface area is 135 Å². The van der Waals surface area contributed by atoms with Gasteiger partial charge in [-0.25, -0.2) is 0 Å². The lowest BCUT2D eigenvalue weighted by molar-refractivity contribution is -0.128. The van der Waals surface area contributed by atoms with Crippen LogP contribution in [0.1, 0.15) is 19.4 Å². The minimum atomic E-state index is -0.235. The van der Waals surface area contributed by atoms with E-state index >= 15 is 0 Å². The lowest BCUT2D eigenvalue weighted by Crippen LogP contribution is -2.34. The second kappa shape index (κ2) is 6.96. The molecular weight excluding hydrogens is 298 g/mol. The van der Waals surface area contributed by atoms with Crippen LogP contribution in [0.3, 0.4) is 0 Å². The summed E-state index contributed by atoms with van der Waals surface area (Å²) < 4.78 is 5.71. The van der Waals surface area contributed by atoms with Gasteiger partial charge in [-0.05, 0) is 25.0 Å². The maximum absolute atomic E-state index is 12.2. The predicted octanol–water partition coefficient (Wildman–Crippen LogP) is 3.25. The summed E-state index contributed by atoms with van der Waals surface area (Å²) in [5.41, 5.74) is 2.02. The average molecular weight is 319 g/mol. The highest BCUT2D eigenvalue weighted by atomic mass is 32.2. The Morgan fingerprint density at radius 3 is 2.59 bits per heavy atom. The molecule has 2 rings (SSSR count). The van der Waals surface area contributed by atoms with Crippen molar-refractivity contribution in [3.8, 4) is 11.5 Å². The van der Waals surface area contributed by atoms with Crippen LogP contribution in [0.5, 0.6) is 0 Å². The van der Waals surface area contributed by atoms with Crippen LogP contribution in [0.2, 0.25) is 0 Å². The summed E-state index contributed by atoms with van der Waals surface area (Å²) in [6.07, 6.45) is 0. The lowest BCUT2D eigenvalue weighted by Gasteiger charge is -2.21. The topological polar surface area (TPSA) is 59.2 Å². The van der Waals surface area contributed by atoms with E-state index in [1.165, 1.54) is 11.8 Å². The van der Waals surface area contributed by atoms with Gasteiger partial charge >= 0.3 is 0 Å². The van der Waals surface area contributed by atoms with Crippen LogP contribution < -0.4 is 0 Å². The number of aryl methyl sites for hydroxylation is 1. The van der Waals surface area contributed by atoms with Crippen LogP contribution in [0.4, 0.5) is 0 Å². The molecule has 1 aromatic heterocycles. The van der Waals surface area contributed by atoms with Crippen LogP contribution >= 0.6 is 11.8 Å². The molecule has 1 heterocycles. The maximum atomic E-state index is 12.2. The first-order valence-corrected chi connectivity index (χ1v) is 8.05. The molecule has 0 aliphatic rings. The van der Waals surface area contributed by atoms with E-state index in [1.54, 1.807) is 19.0 Å². The van der Waals surface area contributed by atoms with Crippen LogP contribution in [0.25, 0.3) is 11.5 Å². The van der Waals surface area contributed by atoms with Gasteiger partial charge in [-0.15, -0.1) is 10.2 Å². The van der Waals surface area contributed by atoms with Crippen molar-refractivity contribution in [3.63, 3.8) is 0 Å². The number of carbonyl (C=O) groups is 1. The highest BCUT2D eigenvalue weighted by molar-refractivity contribution is 8.00. The molecule has 0 bridgehead atoms. The number of hydrogen-bond acceptors (Lipinski definition) is 5. The summed E-state index contributed by atoms with van der Waals surface area (Å²) in [6, 6.07) is 7.89. The second-order valence-corrected chi connectivity index (χ2v) is 6.85. The van der Waals surface area contributed by atoms with Gasteiger partial charge in [0.15, 0.2) is 0 Å². The smallest absolute Gasteiger partial charge is 0.277 e. The first-order chi connectivity index (χ1) is 10.4. The van der Waals surface area contributed by atoms with Crippen molar-refractivity contribution in [2.75, 3.05) is 14.1 Å². The van der Waals surface area contributed by atoms with Gasteiger partial charge in [0, 0.05) is 19.7 Å². The van der Waals surface area contributed by atoms with Crippen molar-refractivity contribution in [2.24, 2.45) is 5.92 Å². The van der Waals surface area contributed by atoms with Crippen molar-refractivity contribution in [3.05, 3.63) is 29.8 Å². The van der Waals surface area contributed by atoms with Gasteiger partial charge in [-0.2, -0.15) is 0 Å². The molecule has 1 unspecified atom stereocenters. The fourth-order valence-corrected chi connectivity index (χ4v) is 3.00. The van der Waals surface area contributed by atoms with E-state index in [4.69, 9.17) is 4.42 Å². The fourth-order valence-electron chi connectivity index (χ4n) is 1.99. The molecule has 0 fully saturated rings. The molecule has 0 aliphatic heterocycles. The third-order valence-corrected chi connectivity index (χ3v) is 4.56. The van der Waals surface area contributed by atoms with Gasteiger partial charge in [0.1, 0.15) is 0 Å². The van der Waals surface area contributed by atoms with E-state index in [9.17, 15) is 4.79 Å². The molecule has 1 aromatic carbocycles. The zero-order chi connectivity index (χ0) is 16.3. The highest BCUT2D eigenvalue weighted by Crippen LogP contribution is 2.30. The average Bonchev–Trinajstić information content (AvgIpc) is 2.92. The fraction of sp³-hybridized carbons (Fsp3) is 0.438. The van der Waals surface area contributed by atoms with E-state index in [0.29, 0.717) is 11.1 Å². The van der Waals surface area contributed by atoms with Gasteiger partial charge < -0.3 is 9.32 Å². The molecule has 1 atom stereocenters. The minimum absolute atomic E-state index is 0.0512. The molecule has 0 N–H and O–H groups in total. The van der Waals surface area contributed by atoms with Crippen LogP contribution in [-0.2, 0) is 4.79 Å². The summed E-state index contributed by atoms with van der Waals surface area (Å²) in [5, 5.41) is 8.33. The molecule has 5 nitrogen and oxygen atoms in total. The Kier molecular flexibility index (Phi) is 5.24. The Morgan fingerprint density at radius 2 is 2.00 bits per heavy atom. The zero-order valence-electron chi connectivity index (χ0n) is 13.5. The van der Waals surface area contributed by atoms with Crippen molar-refractivity contribution < 1.29 is 9.21 Å². The molecule has 118 valence electrons. The lowest BCUT2D eigenvalue weighted by atomic mass is 10.1. The number of hydrogen-bond donors (Lipinski definition) is 0. The molecule has 22 heavy (non-hydrogen) atoms. The van der Waals surface area contributed by atoms with E-state index in [1.807, 2.05) is 45.0 Å². The number of carbonyl (C=O) groups excluding carboxylic acids is 1. The summed E-state index contributed by atoms with van der Waals surface area (Å²) in [4.78, 5) is 13.8. The van der Waals surface area contributed by atoms with E-state index in [2.05, 4.69) is 10.2 Å². The Balaban J connectivity index is 2.19. The van der Waals surface area contributed by atoms with E-state index < -0.39 is 0 Å². The third kappa shape index (κ3) is 3.88. The molecule has 0 saturated heterocycles. The molecule has 0 radical (unpaired) electrons. The number of thioether (sulfide) groups is 1. The number of aromatic nitrogens is 2. The first kappa shape index (κ1) is 16.5. The van der Waals surface area contributed by atoms with E-state index in [0.717, 1.165) is 11.1 Å². The molecule has 2 aromatic rings. The molecule has 0 saturated carbocycles. The van der Waals surface area contributed by atoms with Gasteiger partial charge in [0.2, 0.25) is 11.8 Å². The van der Waals surface area contributed by atoms with Crippen LogP contribution in [-0.4, -0.2) is 40.3 Å². The molecule has 6 heteroatoms. The standard InChI is InChI=1S/C16H21N3O2S/c1-10(2)13(15(20)19(4)5)22-16-18-17-14(21-16)12-8-6-7-11(3)9-12/h6-10,13H,1-5H3. The molecule has 1 amide bonds. The Bertz CT molecular complexity index is 652. The SMILES string of the molecule is Cc1cccc(-c2nnc(SC(C(=O)N(C)C)C(C)C)o2)c1. The predicted molar refractivity (Wildman–Crippen MR) is 87.6 cm³/mol. The third-order valence-electron chi connectivity index (χ3n) is 3.19. The Hall–Kier alpha value is -1.82. The monoisotopic (exact) mass is 319 g/mol. The molecular formula is C16H21N3O2S. The summed E-state index contributed by atoms with van der Waals surface area (Å²) in [5.74, 6) is 0.704. The normalized spacial score (nSPS) is 12.5. The Morgan fingerprint density at radius 1 is 1.27 bits per heavy atom. The van der Waals surface area contributed by atoms with Gasteiger partial charge in [0.05, 0.1) is 5.25 Å². The zero-order valence-corrected chi connectivity index (χ0v) is 14.3. The highest BCUT2D eigenvalue weighted by Gasteiger charge is 2.27. The van der Waals surface area contributed by atoms with Crippen LogP contribution in [0.15, 0.2) is 33.9 Å². The number of benzene rings is 1. The molecule has 0 spiro atoms. The summed E-state index contributed by atoms with van der Waals surface area (Å²) >= 11 is 1.32. The van der Waals surface area contributed by atoms with Crippen molar-refractivity contribution >= 4 is 17.7 Å². The number of rotatable bonds is 5. The summed E-state index contributed by atoms with van der Waals surface area (Å²) in [7, 11) is 3.51. The van der Waals surface area contributed by atoms with Crippen molar-refractivity contribution in [1.82, 2.24) is 15.1 Å². The number of nitrogens with zero attached hydrogens (tertiary/aromatic N) is 3. The van der Waals surface area contributed by atoms with Crippen molar-refractivity contribution in [1.29, 1.82) is 0 Å². The summed E-state index contributed by atoms with van der Waals surface area (Å²) in [6.45, 7) is 6.04. The van der Waals surface area contributed by atoms with Gasteiger partial charge in [0.25, 0.3) is 5.22 Å². The minimum Gasteiger partial charge on any atom is -0.411 e. The van der Waals surface area contributed by atoms with Crippen molar-refractivity contribution in [2.45, 2.75) is 31.2 Å². The number of amides is 1. The first-order valence-electron chi connectivity index (χ1n) is 7.17. The second-order valence-electron chi connectivity index (χ2n) is 5.76. The van der Waals surface area contributed by atoms with Gasteiger partial charge in [-0.3, -0.25) is 4.79 Å². The van der Waals surface area contributed by atoms with E-state index in [-0.39, 0.29) is 17.1 Å².